The summed E-state index contributed by atoms with van der Waals surface area (Å²) in [6, 6.07) is 6.64. The molecule has 88 valence electrons. The molecule has 17 heavy (non-hydrogen) atoms. The number of rotatable bonds is 3. The summed E-state index contributed by atoms with van der Waals surface area (Å²) in [5, 5.41) is 4.15. The van der Waals surface area contributed by atoms with E-state index in [0.717, 1.165) is 22.2 Å². The smallest absolute Gasteiger partial charge is 0.207 e. The van der Waals surface area contributed by atoms with Crippen LogP contribution in [0.1, 0.15) is 18.4 Å². The monoisotopic (exact) mass is 247 g/mol. The van der Waals surface area contributed by atoms with E-state index in [1.54, 1.807) is 6.20 Å². The van der Waals surface area contributed by atoms with Crippen LogP contribution in [0.4, 0.5) is 5.95 Å². The van der Waals surface area contributed by atoms with Crippen molar-refractivity contribution in [1.29, 1.82) is 0 Å². The van der Waals surface area contributed by atoms with E-state index in [1.807, 2.05) is 29.8 Å². The molecular formula is C13H14ClN3. The number of benzene rings is 1. The predicted molar refractivity (Wildman–Crippen MR) is 70.0 cm³/mol. The summed E-state index contributed by atoms with van der Waals surface area (Å²) in [6.45, 7) is 2.03. The predicted octanol–water partition coefficient (Wildman–Crippen LogP) is 3.41. The number of anilines is 1. The maximum absolute atomic E-state index is 6.27. The lowest BCUT2D eigenvalue weighted by Gasteiger charge is -2.11. The Morgan fingerprint density at radius 2 is 2.24 bits per heavy atom. The highest BCUT2D eigenvalue weighted by Crippen LogP contribution is 2.28. The van der Waals surface area contributed by atoms with E-state index in [0.29, 0.717) is 6.04 Å². The minimum absolute atomic E-state index is 0.584. The van der Waals surface area contributed by atoms with Gasteiger partial charge in [-0.1, -0.05) is 17.7 Å². The van der Waals surface area contributed by atoms with Gasteiger partial charge in [0, 0.05) is 18.4 Å². The first-order valence-corrected chi connectivity index (χ1v) is 6.18. The first kappa shape index (κ1) is 10.7. The van der Waals surface area contributed by atoms with Crippen molar-refractivity contribution in [2.45, 2.75) is 25.8 Å². The van der Waals surface area contributed by atoms with Crippen molar-refractivity contribution < 1.29 is 0 Å². The summed E-state index contributed by atoms with van der Waals surface area (Å²) < 4.78 is 2.00. The molecule has 0 aliphatic heterocycles. The molecule has 1 fully saturated rings. The van der Waals surface area contributed by atoms with Gasteiger partial charge in [-0.3, -0.25) is 4.57 Å². The van der Waals surface area contributed by atoms with Crippen molar-refractivity contribution in [2.75, 3.05) is 5.32 Å². The van der Waals surface area contributed by atoms with Gasteiger partial charge >= 0.3 is 0 Å². The summed E-state index contributed by atoms with van der Waals surface area (Å²) in [4.78, 5) is 4.33. The third-order valence-electron chi connectivity index (χ3n) is 2.91. The number of nitrogens with one attached hydrogen (secondary N) is 1. The van der Waals surface area contributed by atoms with Gasteiger partial charge in [-0.25, -0.2) is 4.98 Å². The van der Waals surface area contributed by atoms with Crippen molar-refractivity contribution in [3.63, 3.8) is 0 Å². The maximum Gasteiger partial charge on any atom is 0.207 e. The maximum atomic E-state index is 6.27. The summed E-state index contributed by atoms with van der Waals surface area (Å²) in [5.41, 5.74) is 2.13. The summed E-state index contributed by atoms with van der Waals surface area (Å²) in [5.74, 6) is 0.873. The Balaban J connectivity index is 1.99. The van der Waals surface area contributed by atoms with E-state index in [4.69, 9.17) is 11.6 Å². The van der Waals surface area contributed by atoms with Gasteiger partial charge in [0.25, 0.3) is 0 Å². The average molecular weight is 248 g/mol. The number of imidazole rings is 1. The first-order valence-electron chi connectivity index (χ1n) is 5.80. The largest absolute Gasteiger partial charge is 0.353 e. The van der Waals surface area contributed by atoms with Gasteiger partial charge in [-0.2, -0.15) is 0 Å². The lowest BCUT2D eigenvalue weighted by Crippen LogP contribution is -2.07. The first-order chi connectivity index (χ1) is 8.24. The molecule has 0 amide bonds. The molecule has 1 aliphatic rings. The van der Waals surface area contributed by atoms with E-state index in [1.165, 1.54) is 12.8 Å². The minimum atomic E-state index is 0.584. The Hall–Kier alpha value is -1.48. The third-order valence-corrected chi connectivity index (χ3v) is 3.22. The Bertz CT molecular complexity index is 543. The van der Waals surface area contributed by atoms with Crippen LogP contribution in [0.2, 0.25) is 5.02 Å². The molecule has 1 aliphatic carbocycles. The van der Waals surface area contributed by atoms with Gasteiger partial charge in [0.1, 0.15) is 0 Å². The van der Waals surface area contributed by atoms with Gasteiger partial charge < -0.3 is 5.32 Å². The number of nitrogens with zero attached hydrogens (tertiary/aromatic N) is 2. The Morgan fingerprint density at radius 1 is 1.41 bits per heavy atom. The molecule has 1 heterocycles. The Morgan fingerprint density at radius 3 is 2.94 bits per heavy atom. The van der Waals surface area contributed by atoms with Crippen molar-refractivity contribution in [2.24, 2.45) is 0 Å². The second-order valence-corrected chi connectivity index (χ2v) is 4.90. The van der Waals surface area contributed by atoms with Gasteiger partial charge in [0.05, 0.1) is 10.7 Å². The highest BCUT2D eigenvalue weighted by Gasteiger charge is 2.23. The van der Waals surface area contributed by atoms with Gasteiger partial charge in [0.15, 0.2) is 0 Å². The van der Waals surface area contributed by atoms with Crippen LogP contribution in [0.25, 0.3) is 5.69 Å². The van der Waals surface area contributed by atoms with Crippen LogP contribution in [0.5, 0.6) is 0 Å². The van der Waals surface area contributed by atoms with Crippen molar-refractivity contribution >= 4 is 17.5 Å². The number of hydrogen-bond acceptors (Lipinski definition) is 2. The van der Waals surface area contributed by atoms with E-state index in [9.17, 15) is 0 Å². The Kier molecular flexibility index (Phi) is 2.56. The zero-order valence-corrected chi connectivity index (χ0v) is 10.4. The fourth-order valence-corrected chi connectivity index (χ4v) is 2.15. The van der Waals surface area contributed by atoms with Crippen molar-refractivity contribution in [3.8, 4) is 5.69 Å². The standard InChI is InChI=1S/C13H14ClN3/c1-9-2-5-12(11(14)8-9)17-7-6-15-13(17)16-10-3-4-10/h2,5-8,10H,3-4H2,1H3,(H,15,16). The van der Waals surface area contributed by atoms with E-state index < -0.39 is 0 Å². The SMILES string of the molecule is Cc1ccc(-n2ccnc2NC2CC2)c(Cl)c1. The molecule has 3 nitrogen and oxygen atoms in total. The van der Waals surface area contributed by atoms with Crippen LogP contribution in [0.3, 0.4) is 0 Å². The molecule has 0 atom stereocenters. The molecule has 0 unspecified atom stereocenters. The number of aryl methyl sites for hydroxylation is 1. The van der Waals surface area contributed by atoms with Crippen LogP contribution >= 0.6 is 11.6 Å². The fourth-order valence-electron chi connectivity index (χ4n) is 1.82. The summed E-state index contributed by atoms with van der Waals surface area (Å²) >= 11 is 6.27. The van der Waals surface area contributed by atoms with Gasteiger partial charge in [-0.15, -0.1) is 0 Å². The van der Waals surface area contributed by atoms with Crippen molar-refractivity contribution in [1.82, 2.24) is 9.55 Å². The molecular weight excluding hydrogens is 234 g/mol. The normalized spacial score (nSPS) is 14.9. The van der Waals surface area contributed by atoms with Crippen LogP contribution < -0.4 is 5.32 Å². The van der Waals surface area contributed by atoms with Gasteiger partial charge in [0.2, 0.25) is 5.95 Å². The van der Waals surface area contributed by atoms with Crippen LogP contribution in [0, 0.1) is 6.92 Å². The van der Waals surface area contributed by atoms with E-state index in [-0.39, 0.29) is 0 Å². The second kappa shape index (κ2) is 4.08. The molecule has 1 aromatic carbocycles. The highest BCUT2D eigenvalue weighted by atomic mass is 35.5. The molecule has 0 saturated heterocycles. The molecule has 0 bridgehead atoms. The fraction of sp³-hybridized carbons (Fsp3) is 0.308. The van der Waals surface area contributed by atoms with Crippen molar-refractivity contribution in [3.05, 3.63) is 41.2 Å². The lowest BCUT2D eigenvalue weighted by molar-refractivity contribution is 1.00. The van der Waals surface area contributed by atoms with Gasteiger partial charge in [-0.05, 0) is 37.5 Å². The molecule has 0 spiro atoms. The zero-order chi connectivity index (χ0) is 11.8. The Labute approximate surface area is 105 Å². The molecule has 0 radical (unpaired) electrons. The lowest BCUT2D eigenvalue weighted by atomic mass is 10.2. The third kappa shape index (κ3) is 2.15. The molecule has 1 N–H and O–H groups in total. The number of halogens is 1. The molecule has 4 heteroatoms. The van der Waals surface area contributed by atoms with Crippen LogP contribution in [-0.4, -0.2) is 15.6 Å². The van der Waals surface area contributed by atoms with E-state index in [2.05, 4.69) is 16.4 Å². The average Bonchev–Trinajstić information content (AvgIpc) is 2.97. The number of aromatic nitrogens is 2. The minimum Gasteiger partial charge on any atom is -0.353 e. The second-order valence-electron chi connectivity index (χ2n) is 4.49. The molecule has 2 aromatic rings. The summed E-state index contributed by atoms with van der Waals surface area (Å²) in [7, 11) is 0. The highest BCUT2D eigenvalue weighted by molar-refractivity contribution is 6.32. The summed E-state index contributed by atoms with van der Waals surface area (Å²) in [6.07, 6.45) is 6.19. The van der Waals surface area contributed by atoms with Crippen LogP contribution in [-0.2, 0) is 0 Å². The zero-order valence-electron chi connectivity index (χ0n) is 9.65. The van der Waals surface area contributed by atoms with E-state index >= 15 is 0 Å². The quantitative estimate of drug-likeness (QED) is 0.901. The van der Waals surface area contributed by atoms with Crippen LogP contribution in [0.15, 0.2) is 30.6 Å². The molecule has 1 aromatic heterocycles. The molecule has 3 rings (SSSR count). The number of hydrogen-bond donors (Lipinski definition) is 1. The topological polar surface area (TPSA) is 29.9 Å². The molecule has 1 saturated carbocycles.